The number of carbonyl (C=O) groups excluding carboxylic acids is 1. The Morgan fingerprint density at radius 2 is 1.88 bits per heavy atom. The summed E-state index contributed by atoms with van der Waals surface area (Å²) in [6, 6.07) is 14.0. The van der Waals surface area contributed by atoms with Gasteiger partial charge in [-0.15, -0.1) is 0 Å². The van der Waals surface area contributed by atoms with Crippen LogP contribution < -0.4 is 0 Å². The minimum atomic E-state index is -0.0264. The zero-order valence-electron chi connectivity index (χ0n) is 14.6. The number of hydrogen-bond acceptors (Lipinski definition) is 3. The second-order valence-electron chi connectivity index (χ2n) is 7.28. The highest BCUT2D eigenvalue weighted by atomic mass is 16.5. The van der Waals surface area contributed by atoms with Gasteiger partial charge in [0.15, 0.2) is 0 Å². The van der Waals surface area contributed by atoms with Crippen molar-refractivity contribution in [1.29, 1.82) is 0 Å². The van der Waals surface area contributed by atoms with Crippen LogP contribution in [-0.4, -0.2) is 37.1 Å². The molecule has 2 unspecified atom stereocenters. The number of carbonyl (C=O) groups is 1. The topological polar surface area (TPSA) is 42.7 Å². The summed E-state index contributed by atoms with van der Waals surface area (Å²) in [7, 11) is 1.80. The molecule has 4 nitrogen and oxygen atoms in total. The van der Waals surface area contributed by atoms with Gasteiger partial charge >= 0.3 is 0 Å². The lowest BCUT2D eigenvalue weighted by Crippen LogP contribution is -2.48. The second kappa shape index (κ2) is 7.04. The molecular weight excluding hydrogens is 314 g/mol. The van der Waals surface area contributed by atoms with E-state index in [1.165, 1.54) is 12.8 Å². The predicted octanol–water partition coefficient (Wildman–Crippen LogP) is 3.69. The molecule has 1 amide bonds. The Morgan fingerprint density at radius 1 is 1.16 bits per heavy atom. The maximum absolute atomic E-state index is 13.0. The standard InChI is InChI=1S/C21H25NO3/c1-24-21-16-9-10-17(21)14-22(13-16)20(23)12-18(19-8-5-11-25-19)15-6-3-2-4-7-15/h2-8,11,16-18,21H,9-10,12-14H2,1H3/t16-,17+,18?,21?. The number of benzene rings is 1. The molecule has 25 heavy (non-hydrogen) atoms. The molecule has 1 aromatic carbocycles. The molecule has 2 heterocycles. The number of furan rings is 1. The van der Waals surface area contributed by atoms with Crippen LogP contribution >= 0.6 is 0 Å². The Morgan fingerprint density at radius 3 is 2.48 bits per heavy atom. The SMILES string of the molecule is COC1[C@@H]2CC[C@H]1CN(C(=O)CC(c1ccccc1)c1ccco1)C2. The highest BCUT2D eigenvalue weighted by Gasteiger charge is 2.43. The zero-order chi connectivity index (χ0) is 17.2. The number of fused-ring (bicyclic) bond motifs is 2. The minimum absolute atomic E-state index is 0.0264. The summed E-state index contributed by atoms with van der Waals surface area (Å²) in [5.41, 5.74) is 1.13. The molecular formula is C21H25NO3. The van der Waals surface area contributed by atoms with Gasteiger partial charge in [0, 0.05) is 38.5 Å². The van der Waals surface area contributed by atoms with Crippen LogP contribution in [-0.2, 0) is 9.53 Å². The lowest BCUT2D eigenvalue weighted by Gasteiger charge is -2.37. The van der Waals surface area contributed by atoms with Crippen LogP contribution in [0.1, 0.15) is 36.5 Å². The van der Waals surface area contributed by atoms with Crippen molar-refractivity contribution < 1.29 is 13.9 Å². The summed E-state index contributed by atoms with van der Waals surface area (Å²) in [5, 5.41) is 0. The number of methoxy groups -OCH3 is 1. The van der Waals surface area contributed by atoms with E-state index in [9.17, 15) is 4.79 Å². The first kappa shape index (κ1) is 16.4. The molecule has 1 saturated heterocycles. The third kappa shape index (κ3) is 3.23. The number of rotatable bonds is 5. The Labute approximate surface area is 148 Å². The fourth-order valence-electron chi connectivity index (χ4n) is 4.62. The molecule has 2 aliphatic rings. The first-order chi connectivity index (χ1) is 12.3. The van der Waals surface area contributed by atoms with E-state index in [0.29, 0.717) is 24.4 Å². The number of ether oxygens (including phenoxy) is 1. The summed E-state index contributed by atoms with van der Waals surface area (Å²) in [5.74, 6) is 2.03. The highest BCUT2D eigenvalue weighted by Crippen LogP contribution is 2.39. The van der Waals surface area contributed by atoms with Gasteiger partial charge < -0.3 is 14.1 Å². The molecule has 4 rings (SSSR count). The maximum atomic E-state index is 13.0. The van der Waals surface area contributed by atoms with Crippen LogP contribution in [0.3, 0.4) is 0 Å². The van der Waals surface area contributed by atoms with Gasteiger partial charge in [0.05, 0.1) is 18.3 Å². The maximum Gasteiger partial charge on any atom is 0.223 e. The number of piperidine rings is 1. The smallest absolute Gasteiger partial charge is 0.223 e. The van der Waals surface area contributed by atoms with E-state index >= 15 is 0 Å². The molecule has 2 fully saturated rings. The van der Waals surface area contributed by atoms with Crippen LogP contribution in [0.2, 0.25) is 0 Å². The summed E-state index contributed by atoms with van der Waals surface area (Å²) >= 11 is 0. The molecule has 0 spiro atoms. The van der Waals surface area contributed by atoms with E-state index in [4.69, 9.17) is 9.15 Å². The molecule has 2 aromatic rings. The minimum Gasteiger partial charge on any atom is -0.469 e. The average Bonchev–Trinajstić information content (AvgIpc) is 3.26. The van der Waals surface area contributed by atoms with Crippen LogP contribution in [0.15, 0.2) is 53.1 Å². The van der Waals surface area contributed by atoms with Crippen molar-refractivity contribution in [2.75, 3.05) is 20.2 Å². The van der Waals surface area contributed by atoms with E-state index < -0.39 is 0 Å². The molecule has 0 N–H and O–H groups in total. The molecule has 1 aliphatic carbocycles. The van der Waals surface area contributed by atoms with Crippen molar-refractivity contribution in [3.05, 3.63) is 60.1 Å². The third-order valence-electron chi connectivity index (χ3n) is 5.84. The van der Waals surface area contributed by atoms with Gasteiger partial charge in [0.2, 0.25) is 5.91 Å². The van der Waals surface area contributed by atoms with Crippen LogP contribution in [0.25, 0.3) is 0 Å². The zero-order valence-corrected chi connectivity index (χ0v) is 14.6. The lowest BCUT2D eigenvalue weighted by molar-refractivity contribution is -0.136. The van der Waals surface area contributed by atoms with Gasteiger partial charge in [0.1, 0.15) is 5.76 Å². The average molecular weight is 339 g/mol. The lowest BCUT2D eigenvalue weighted by atomic mass is 9.90. The molecule has 4 atom stereocenters. The monoisotopic (exact) mass is 339 g/mol. The van der Waals surface area contributed by atoms with E-state index in [1.54, 1.807) is 13.4 Å². The van der Waals surface area contributed by atoms with Gasteiger partial charge in [-0.3, -0.25) is 4.79 Å². The van der Waals surface area contributed by atoms with Crippen molar-refractivity contribution in [2.24, 2.45) is 11.8 Å². The summed E-state index contributed by atoms with van der Waals surface area (Å²) in [4.78, 5) is 15.1. The van der Waals surface area contributed by atoms with E-state index in [2.05, 4.69) is 17.0 Å². The van der Waals surface area contributed by atoms with Gasteiger partial charge in [-0.2, -0.15) is 0 Å². The van der Waals surface area contributed by atoms with Gasteiger partial charge in [-0.25, -0.2) is 0 Å². The van der Waals surface area contributed by atoms with Crippen LogP contribution in [0.4, 0.5) is 0 Å². The number of amides is 1. The molecule has 4 heteroatoms. The molecule has 0 radical (unpaired) electrons. The number of hydrogen-bond donors (Lipinski definition) is 0. The van der Waals surface area contributed by atoms with Crippen molar-refractivity contribution in [2.45, 2.75) is 31.3 Å². The normalized spacial score (nSPS) is 26.6. The van der Waals surface area contributed by atoms with E-state index in [-0.39, 0.29) is 11.8 Å². The second-order valence-corrected chi connectivity index (χ2v) is 7.28. The summed E-state index contributed by atoms with van der Waals surface area (Å²) in [6.45, 7) is 1.65. The van der Waals surface area contributed by atoms with Gasteiger partial charge in [-0.1, -0.05) is 30.3 Å². The highest BCUT2D eigenvalue weighted by molar-refractivity contribution is 5.78. The number of likely N-dealkylation sites (tertiary alicyclic amines) is 1. The summed E-state index contributed by atoms with van der Waals surface area (Å²) in [6.07, 6.45) is 4.81. The fraction of sp³-hybridized carbons (Fsp3) is 0.476. The Hall–Kier alpha value is -2.07. The first-order valence-electron chi connectivity index (χ1n) is 9.15. The van der Waals surface area contributed by atoms with Crippen LogP contribution in [0, 0.1) is 11.8 Å². The molecule has 1 saturated carbocycles. The predicted molar refractivity (Wildman–Crippen MR) is 95.2 cm³/mol. The van der Waals surface area contributed by atoms with Crippen molar-refractivity contribution >= 4 is 5.91 Å². The van der Waals surface area contributed by atoms with Gasteiger partial charge in [-0.05, 0) is 30.5 Å². The van der Waals surface area contributed by atoms with Crippen molar-refractivity contribution in [3.63, 3.8) is 0 Å². The first-order valence-corrected chi connectivity index (χ1v) is 9.15. The number of nitrogens with zero attached hydrogens (tertiary/aromatic N) is 1. The van der Waals surface area contributed by atoms with E-state index in [0.717, 1.165) is 24.4 Å². The summed E-state index contributed by atoms with van der Waals surface area (Å²) < 4.78 is 11.3. The largest absolute Gasteiger partial charge is 0.469 e. The Kier molecular flexibility index (Phi) is 4.62. The molecule has 2 bridgehead atoms. The van der Waals surface area contributed by atoms with Gasteiger partial charge in [0.25, 0.3) is 0 Å². The Bertz CT molecular complexity index is 683. The molecule has 1 aliphatic heterocycles. The fourth-order valence-corrected chi connectivity index (χ4v) is 4.62. The van der Waals surface area contributed by atoms with Crippen molar-refractivity contribution in [1.82, 2.24) is 4.90 Å². The molecule has 1 aromatic heterocycles. The Balaban J connectivity index is 1.50. The van der Waals surface area contributed by atoms with Crippen molar-refractivity contribution in [3.8, 4) is 0 Å². The van der Waals surface area contributed by atoms with E-state index in [1.807, 2.05) is 30.3 Å². The quantitative estimate of drug-likeness (QED) is 0.834. The van der Waals surface area contributed by atoms with Crippen LogP contribution in [0.5, 0.6) is 0 Å². The third-order valence-corrected chi connectivity index (χ3v) is 5.84. The molecule has 132 valence electrons.